The van der Waals surface area contributed by atoms with Crippen LogP contribution in [0.2, 0.25) is 0 Å². The number of hydrogen-bond acceptors (Lipinski definition) is 1. The molecule has 23 heavy (non-hydrogen) atoms. The Morgan fingerprint density at radius 2 is 1.35 bits per heavy atom. The van der Waals surface area contributed by atoms with Crippen LogP contribution in [0.4, 0.5) is 0 Å². The smallest absolute Gasteiger partial charge is 0.0792 e. The zero-order chi connectivity index (χ0) is 15.8. The van der Waals surface area contributed by atoms with Crippen molar-refractivity contribution in [1.29, 1.82) is 0 Å². The minimum Gasteiger partial charge on any atom is -0.256 e. The quantitative estimate of drug-likeness (QED) is 0.450. The van der Waals surface area contributed by atoms with E-state index in [-0.39, 0.29) is 7.92 Å². The second kappa shape index (κ2) is 5.76. The minimum atomic E-state index is -0.209. The summed E-state index contributed by atoms with van der Waals surface area (Å²) in [5.74, 6) is 0. The molecule has 0 spiro atoms. The molecular formula is C21H18NP. The topological polar surface area (TPSA) is 12.9 Å². The van der Waals surface area contributed by atoms with Crippen LogP contribution in [0.3, 0.4) is 0 Å². The Kier molecular flexibility index (Phi) is 3.59. The Morgan fingerprint density at radius 3 is 2.09 bits per heavy atom. The maximum atomic E-state index is 4.78. The number of hydrogen-bond donors (Lipinski definition) is 0. The Balaban J connectivity index is 2.17. The number of benzene rings is 3. The van der Waals surface area contributed by atoms with Crippen molar-refractivity contribution < 1.29 is 0 Å². The third-order valence-corrected chi connectivity index (χ3v) is 5.64. The third-order valence-electron chi connectivity index (χ3n) is 4.30. The second-order valence-electron chi connectivity index (χ2n) is 5.96. The molecule has 0 saturated heterocycles. The molecule has 1 nitrogen and oxygen atoms in total. The van der Waals surface area contributed by atoms with Gasteiger partial charge in [-0.2, -0.15) is 0 Å². The van der Waals surface area contributed by atoms with Gasteiger partial charge in [0.15, 0.2) is 0 Å². The van der Waals surface area contributed by atoms with Gasteiger partial charge in [-0.3, -0.25) is 4.98 Å². The fourth-order valence-electron chi connectivity index (χ4n) is 3.20. The summed E-state index contributed by atoms with van der Waals surface area (Å²) in [7, 11) is -0.209. The van der Waals surface area contributed by atoms with Gasteiger partial charge in [0, 0.05) is 17.1 Å². The van der Waals surface area contributed by atoms with Crippen LogP contribution in [-0.4, -0.2) is 18.3 Å². The van der Waals surface area contributed by atoms with E-state index in [2.05, 4.69) is 80.1 Å². The van der Waals surface area contributed by atoms with Crippen molar-refractivity contribution in [2.24, 2.45) is 0 Å². The summed E-state index contributed by atoms with van der Waals surface area (Å²) in [6.45, 7) is 4.63. The summed E-state index contributed by atoms with van der Waals surface area (Å²) in [6, 6.07) is 23.7. The zero-order valence-electron chi connectivity index (χ0n) is 13.3. The largest absolute Gasteiger partial charge is 0.256 e. The number of nitrogens with zero attached hydrogens (tertiary/aromatic N) is 1. The van der Waals surface area contributed by atoms with Crippen molar-refractivity contribution in [2.45, 2.75) is 0 Å². The van der Waals surface area contributed by atoms with E-state index >= 15 is 0 Å². The number of rotatable bonds is 2. The Hall–Kier alpha value is -2.24. The van der Waals surface area contributed by atoms with Crippen molar-refractivity contribution in [3.8, 4) is 11.3 Å². The van der Waals surface area contributed by atoms with Crippen LogP contribution in [-0.2, 0) is 0 Å². The number of aromatic nitrogens is 1. The monoisotopic (exact) mass is 315 g/mol. The lowest BCUT2D eigenvalue weighted by molar-refractivity contribution is 1.37. The molecule has 4 rings (SSSR count). The van der Waals surface area contributed by atoms with E-state index in [4.69, 9.17) is 4.98 Å². The molecule has 4 aromatic rings. The summed E-state index contributed by atoms with van der Waals surface area (Å²) in [5, 5.41) is 6.46. The maximum absolute atomic E-state index is 4.78. The molecule has 3 aromatic carbocycles. The molecule has 1 heterocycles. The van der Waals surface area contributed by atoms with Crippen LogP contribution in [0.15, 0.2) is 72.9 Å². The van der Waals surface area contributed by atoms with Gasteiger partial charge in [0.25, 0.3) is 0 Å². The van der Waals surface area contributed by atoms with Crippen LogP contribution in [0.5, 0.6) is 0 Å². The Morgan fingerprint density at radius 1 is 0.696 bits per heavy atom. The molecule has 0 unspecified atom stereocenters. The average molecular weight is 315 g/mol. The van der Waals surface area contributed by atoms with Gasteiger partial charge in [-0.1, -0.05) is 68.6 Å². The predicted octanol–water partition coefficient (Wildman–Crippen LogP) is 5.42. The standard InChI is InChI=1S/C21H18NP/c1-23(2)19-12-11-15-7-3-5-9-17(15)20(19)21-18-10-6-4-8-16(18)13-14-22-21/h3-14H,1-2H3. The van der Waals surface area contributed by atoms with Crippen LogP contribution in [0, 0.1) is 0 Å². The lowest BCUT2D eigenvalue weighted by atomic mass is 9.98. The van der Waals surface area contributed by atoms with Crippen molar-refractivity contribution in [1.82, 2.24) is 4.98 Å². The molecule has 0 N–H and O–H groups in total. The maximum Gasteiger partial charge on any atom is 0.0792 e. The molecular weight excluding hydrogens is 297 g/mol. The molecule has 0 atom stereocenters. The first-order valence-electron chi connectivity index (χ1n) is 7.79. The van der Waals surface area contributed by atoms with E-state index in [1.54, 1.807) is 0 Å². The van der Waals surface area contributed by atoms with Gasteiger partial charge in [-0.25, -0.2) is 0 Å². The molecule has 0 aliphatic carbocycles. The van der Waals surface area contributed by atoms with Gasteiger partial charge >= 0.3 is 0 Å². The van der Waals surface area contributed by atoms with Crippen molar-refractivity contribution >= 4 is 34.8 Å². The molecule has 0 saturated carbocycles. The fourth-order valence-corrected chi connectivity index (χ4v) is 4.25. The Labute approximate surface area is 137 Å². The average Bonchev–Trinajstić information content (AvgIpc) is 2.60. The first-order chi connectivity index (χ1) is 11.3. The highest BCUT2D eigenvalue weighted by molar-refractivity contribution is 7.64. The Bertz CT molecular complexity index is 999. The molecule has 0 fully saturated rings. The normalized spacial score (nSPS) is 11.4. The van der Waals surface area contributed by atoms with Gasteiger partial charge in [0.1, 0.15) is 0 Å². The summed E-state index contributed by atoms with van der Waals surface area (Å²) in [4.78, 5) is 4.78. The highest BCUT2D eigenvalue weighted by Gasteiger charge is 2.15. The third kappa shape index (κ3) is 2.42. The zero-order valence-corrected chi connectivity index (χ0v) is 14.2. The predicted molar refractivity (Wildman–Crippen MR) is 103 cm³/mol. The van der Waals surface area contributed by atoms with E-state index < -0.39 is 0 Å². The lowest BCUT2D eigenvalue weighted by Gasteiger charge is -2.17. The van der Waals surface area contributed by atoms with E-state index in [0.29, 0.717) is 0 Å². The van der Waals surface area contributed by atoms with Crippen molar-refractivity contribution in [2.75, 3.05) is 13.3 Å². The second-order valence-corrected chi connectivity index (χ2v) is 8.23. The first-order valence-corrected chi connectivity index (χ1v) is 10.0. The summed E-state index contributed by atoms with van der Waals surface area (Å²) in [6.07, 6.45) is 1.93. The van der Waals surface area contributed by atoms with E-state index in [1.165, 1.54) is 32.4 Å². The molecule has 0 aliphatic heterocycles. The summed E-state index contributed by atoms with van der Waals surface area (Å²) >= 11 is 0. The summed E-state index contributed by atoms with van der Waals surface area (Å²) in [5.41, 5.74) is 2.40. The minimum absolute atomic E-state index is 0.209. The fraction of sp³-hybridized carbons (Fsp3) is 0.0952. The van der Waals surface area contributed by atoms with Crippen LogP contribution in [0.25, 0.3) is 32.8 Å². The van der Waals surface area contributed by atoms with Crippen LogP contribution >= 0.6 is 7.92 Å². The first kappa shape index (κ1) is 14.4. The summed E-state index contributed by atoms with van der Waals surface area (Å²) < 4.78 is 0. The molecule has 1 aromatic heterocycles. The van der Waals surface area contributed by atoms with Gasteiger partial charge in [-0.05, 0) is 40.9 Å². The molecule has 2 heteroatoms. The molecule has 0 radical (unpaired) electrons. The highest BCUT2D eigenvalue weighted by atomic mass is 31.1. The lowest BCUT2D eigenvalue weighted by Crippen LogP contribution is -2.06. The van der Waals surface area contributed by atoms with E-state index in [1.807, 2.05) is 6.20 Å². The van der Waals surface area contributed by atoms with E-state index in [0.717, 1.165) is 5.69 Å². The van der Waals surface area contributed by atoms with E-state index in [9.17, 15) is 0 Å². The van der Waals surface area contributed by atoms with Crippen LogP contribution < -0.4 is 5.30 Å². The van der Waals surface area contributed by atoms with Crippen molar-refractivity contribution in [3.63, 3.8) is 0 Å². The number of fused-ring (bicyclic) bond motifs is 2. The van der Waals surface area contributed by atoms with Crippen molar-refractivity contribution in [3.05, 3.63) is 72.9 Å². The molecule has 0 amide bonds. The van der Waals surface area contributed by atoms with Gasteiger partial charge in [-0.15, -0.1) is 0 Å². The molecule has 0 bridgehead atoms. The SMILES string of the molecule is CP(C)c1ccc2ccccc2c1-c1nccc2ccccc12. The van der Waals surface area contributed by atoms with Gasteiger partial charge in [0.05, 0.1) is 5.69 Å². The molecule has 112 valence electrons. The highest BCUT2D eigenvalue weighted by Crippen LogP contribution is 2.37. The van der Waals surface area contributed by atoms with Crippen LogP contribution in [0.1, 0.15) is 0 Å². The van der Waals surface area contributed by atoms with Gasteiger partial charge < -0.3 is 0 Å². The van der Waals surface area contributed by atoms with Gasteiger partial charge in [0.2, 0.25) is 0 Å². The number of pyridine rings is 1. The molecule has 0 aliphatic rings.